The minimum absolute atomic E-state index is 0.598. The summed E-state index contributed by atoms with van der Waals surface area (Å²) >= 11 is 0. The van der Waals surface area contributed by atoms with Gasteiger partial charge in [0.2, 0.25) is 0 Å². The molecular weight excluding hydrogens is 512 g/mol. The Bertz CT molecular complexity index is 779. The second-order valence-corrected chi connectivity index (χ2v) is 17.1. The van der Waals surface area contributed by atoms with Crippen LogP contribution in [0.25, 0.3) is 0 Å². The highest BCUT2D eigenvalue weighted by Crippen LogP contribution is 2.67. The van der Waals surface area contributed by atoms with Gasteiger partial charge in [-0.1, -0.05) is 53.4 Å². The van der Waals surface area contributed by atoms with Gasteiger partial charge in [-0.05, 0) is 150 Å². The molecule has 6 atom stereocenters. The molecule has 2 aliphatic carbocycles. The Morgan fingerprint density at radius 1 is 0.548 bits per heavy atom. The second kappa shape index (κ2) is 13.3. The SMILES string of the molecule is CCCC1(CCC)CCC2(CCN(C3CCNC3)C2)CC1C1CC2(CCN(C3CCNC3)C2)CCC1(CCC)CCC. The van der Waals surface area contributed by atoms with Crippen LogP contribution in [-0.4, -0.2) is 74.2 Å². The molecule has 6 fully saturated rings. The van der Waals surface area contributed by atoms with Gasteiger partial charge in [-0.3, -0.25) is 9.80 Å². The van der Waals surface area contributed by atoms with Gasteiger partial charge in [0.25, 0.3) is 0 Å². The smallest absolute Gasteiger partial charge is 0.0232 e. The number of rotatable bonds is 11. The van der Waals surface area contributed by atoms with E-state index < -0.39 is 0 Å². The van der Waals surface area contributed by atoms with Crippen molar-refractivity contribution in [3.8, 4) is 0 Å². The van der Waals surface area contributed by atoms with Crippen molar-refractivity contribution in [1.82, 2.24) is 20.4 Å². The van der Waals surface area contributed by atoms with E-state index in [0.29, 0.717) is 21.7 Å². The van der Waals surface area contributed by atoms with Crippen molar-refractivity contribution in [1.29, 1.82) is 0 Å². The first-order valence-electron chi connectivity index (χ1n) is 19.3. The quantitative estimate of drug-likeness (QED) is 0.260. The second-order valence-electron chi connectivity index (χ2n) is 17.1. The lowest BCUT2D eigenvalue weighted by atomic mass is 9.43. The van der Waals surface area contributed by atoms with Crippen LogP contribution < -0.4 is 10.6 Å². The largest absolute Gasteiger partial charge is 0.315 e. The van der Waals surface area contributed by atoms with Crippen molar-refractivity contribution in [3.63, 3.8) is 0 Å². The maximum Gasteiger partial charge on any atom is 0.0232 e. The van der Waals surface area contributed by atoms with Crippen molar-refractivity contribution >= 4 is 0 Å². The van der Waals surface area contributed by atoms with Gasteiger partial charge in [-0.2, -0.15) is 0 Å². The number of nitrogens with zero attached hydrogens (tertiary/aromatic N) is 2. The van der Waals surface area contributed by atoms with Gasteiger partial charge >= 0.3 is 0 Å². The number of nitrogens with one attached hydrogen (secondary N) is 2. The molecule has 0 aromatic rings. The van der Waals surface area contributed by atoms with Gasteiger partial charge in [0.1, 0.15) is 0 Å². The molecule has 2 saturated carbocycles. The molecule has 242 valence electrons. The minimum Gasteiger partial charge on any atom is -0.315 e. The van der Waals surface area contributed by atoms with Crippen molar-refractivity contribution in [3.05, 3.63) is 0 Å². The summed E-state index contributed by atoms with van der Waals surface area (Å²) in [6, 6.07) is 1.63. The van der Waals surface area contributed by atoms with E-state index in [1.54, 1.807) is 12.8 Å². The van der Waals surface area contributed by atoms with E-state index in [9.17, 15) is 0 Å². The molecule has 0 aromatic heterocycles. The zero-order valence-electron chi connectivity index (χ0n) is 28.6. The van der Waals surface area contributed by atoms with E-state index in [1.807, 2.05) is 0 Å². The third-order valence-corrected chi connectivity index (χ3v) is 14.7. The standard InChI is InChI=1S/C38H70N4/c1-5-11-37(12-6-2)17-15-35(19-23-41(29-35)31-9-21-39-27-31)25-33(37)34-26-36(16-18-38(34,13-7-3)14-8-4)20-24-42(30-36)32-10-22-40-28-32/h31-34,39-40H,5-30H2,1-4H3. The molecule has 0 radical (unpaired) electrons. The Morgan fingerprint density at radius 3 is 1.29 bits per heavy atom. The lowest BCUT2D eigenvalue weighted by Crippen LogP contribution is -2.54. The summed E-state index contributed by atoms with van der Waals surface area (Å²) in [4.78, 5) is 5.92. The zero-order valence-corrected chi connectivity index (χ0v) is 28.6. The van der Waals surface area contributed by atoms with Crippen LogP contribution in [0, 0.1) is 33.5 Å². The maximum absolute atomic E-state index is 3.69. The molecule has 4 heteroatoms. The lowest BCUT2D eigenvalue weighted by molar-refractivity contribution is -0.116. The van der Waals surface area contributed by atoms with Crippen molar-refractivity contribution in [2.45, 2.75) is 155 Å². The normalized spacial score (nSPS) is 40.6. The first-order chi connectivity index (χ1) is 20.4. The summed E-state index contributed by atoms with van der Waals surface area (Å²) in [6.45, 7) is 20.6. The molecule has 0 aromatic carbocycles. The molecule has 6 aliphatic rings. The van der Waals surface area contributed by atoms with E-state index in [0.717, 1.165) is 23.9 Å². The van der Waals surface area contributed by atoms with Crippen LogP contribution >= 0.6 is 0 Å². The average molecular weight is 583 g/mol. The van der Waals surface area contributed by atoms with Crippen LogP contribution in [0.15, 0.2) is 0 Å². The van der Waals surface area contributed by atoms with Crippen LogP contribution in [-0.2, 0) is 0 Å². The van der Waals surface area contributed by atoms with Gasteiger partial charge in [-0.15, -0.1) is 0 Å². The van der Waals surface area contributed by atoms with Crippen molar-refractivity contribution in [2.75, 3.05) is 52.4 Å². The molecule has 6 rings (SSSR count). The van der Waals surface area contributed by atoms with Crippen molar-refractivity contribution in [2.24, 2.45) is 33.5 Å². The summed E-state index contributed by atoms with van der Waals surface area (Å²) in [6.07, 6.45) is 26.5. The Labute approximate surface area is 261 Å². The monoisotopic (exact) mass is 583 g/mol. The topological polar surface area (TPSA) is 30.5 Å². The fraction of sp³-hybridized carbons (Fsp3) is 1.00. The number of hydrogen-bond acceptors (Lipinski definition) is 4. The van der Waals surface area contributed by atoms with E-state index in [1.165, 1.54) is 155 Å². The highest BCUT2D eigenvalue weighted by atomic mass is 15.2. The first kappa shape index (κ1) is 31.8. The number of hydrogen-bond donors (Lipinski definition) is 2. The molecular formula is C38H70N4. The van der Waals surface area contributed by atoms with Crippen LogP contribution in [0.4, 0.5) is 0 Å². The van der Waals surface area contributed by atoms with Crippen molar-refractivity contribution < 1.29 is 0 Å². The fourth-order valence-electron chi connectivity index (χ4n) is 12.8. The summed E-state index contributed by atoms with van der Waals surface area (Å²) in [5.41, 5.74) is 2.40. The molecule has 6 unspecified atom stereocenters. The summed E-state index contributed by atoms with van der Waals surface area (Å²) in [5.74, 6) is 1.90. The predicted octanol–water partition coefficient (Wildman–Crippen LogP) is 7.87. The predicted molar refractivity (Wildman–Crippen MR) is 179 cm³/mol. The Hall–Kier alpha value is -0.160. The first-order valence-corrected chi connectivity index (χ1v) is 19.3. The van der Waals surface area contributed by atoms with Gasteiger partial charge in [-0.25, -0.2) is 0 Å². The minimum atomic E-state index is 0.598. The molecule has 4 aliphatic heterocycles. The van der Waals surface area contributed by atoms with Gasteiger partial charge in [0.15, 0.2) is 0 Å². The summed E-state index contributed by atoms with van der Waals surface area (Å²) < 4.78 is 0. The fourth-order valence-corrected chi connectivity index (χ4v) is 12.8. The Kier molecular flexibility index (Phi) is 10.1. The third kappa shape index (κ3) is 6.03. The molecule has 4 saturated heterocycles. The van der Waals surface area contributed by atoms with E-state index >= 15 is 0 Å². The van der Waals surface area contributed by atoms with Gasteiger partial charge in [0, 0.05) is 38.3 Å². The molecule has 2 spiro atoms. The Balaban J connectivity index is 1.33. The Morgan fingerprint density at radius 2 is 0.952 bits per heavy atom. The van der Waals surface area contributed by atoms with Gasteiger partial charge in [0.05, 0.1) is 0 Å². The third-order valence-electron chi connectivity index (χ3n) is 14.7. The molecule has 2 N–H and O–H groups in total. The van der Waals surface area contributed by atoms with Crippen LogP contribution in [0.1, 0.15) is 143 Å². The van der Waals surface area contributed by atoms with E-state index in [-0.39, 0.29) is 0 Å². The molecule has 0 amide bonds. The van der Waals surface area contributed by atoms with Crippen LogP contribution in [0.2, 0.25) is 0 Å². The molecule has 4 nitrogen and oxygen atoms in total. The zero-order chi connectivity index (χ0) is 29.3. The maximum atomic E-state index is 3.69. The molecule has 42 heavy (non-hydrogen) atoms. The summed E-state index contributed by atoms with van der Waals surface area (Å²) in [7, 11) is 0. The summed E-state index contributed by atoms with van der Waals surface area (Å²) in [5, 5.41) is 7.38. The number of likely N-dealkylation sites (tertiary alicyclic amines) is 2. The highest BCUT2D eigenvalue weighted by Gasteiger charge is 2.60. The van der Waals surface area contributed by atoms with Gasteiger partial charge < -0.3 is 10.6 Å². The van der Waals surface area contributed by atoms with Crippen LogP contribution in [0.5, 0.6) is 0 Å². The van der Waals surface area contributed by atoms with E-state index in [2.05, 4.69) is 48.1 Å². The molecule has 0 bridgehead atoms. The highest BCUT2D eigenvalue weighted by molar-refractivity contribution is 5.11. The average Bonchev–Trinajstić information content (AvgIpc) is 3.81. The lowest BCUT2D eigenvalue weighted by Gasteiger charge is -2.61. The van der Waals surface area contributed by atoms with E-state index in [4.69, 9.17) is 0 Å². The molecule has 4 heterocycles. The van der Waals surface area contributed by atoms with Crippen LogP contribution in [0.3, 0.4) is 0 Å².